The van der Waals surface area contributed by atoms with Crippen LogP contribution in [-0.4, -0.2) is 44.2 Å². The summed E-state index contributed by atoms with van der Waals surface area (Å²) in [7, 11) is -2.25. The molecule has 154 valence electrons. The molecule has 0 spiro atoms. The van der Waals surface area contributed by atoms with E-state index in [-0.39, 0.29) is 10.8 Å². The van der Waals surface area contributed by atoms with Crippen LogP contribution in [0.4, 0.5) is 5.69 Å². The first-order valence-corrected chi connectivity index (χ1v) is 11.0. The summed E-state index contributed by atoms with van der Waals surface area (Å²) in [5.74, 6) is -0.656. The zero-order valence-corrected chi connectivity index (χ0v) is 17.3. The topological polar surface area (TPSA) is 95.6 Å². The lowest BCUT2D eigenvalue weighted by Gasteiger charge is -2.33. The number of nitrogens with one attached hydrogen (secondary N) is 2. The molecule has 7 nitrogen and oxygen atoms in total. The molecule has 2 N–H and O–H groups in total. The minimum absolute atomic E-state index is 0.185. The van der Waals surface area contributed by atoms with E-state index in [1.54, 1.807) is 48.5 Å². The second-order valence-corrected chi connectivity index (χ2v) is 8.98. The minimum atomic E-state index is -3.78. The molecule has 0 radical (unpaired) electrons. The van der Waals surface area contributed by atoms with Gasteiger partial charge in [-0.15, -0.1) is 0 Å². The number of anilines is 1. The molecule has 1 atom stereocenters. The number of carbonyl (C=O) groups is 2. The second kappa shape index (κ2) is 8.75. The SMILES string of the molecule is CNC(=O)c1cccc(NC(=O)C2CCCCN2S(=O)(=O)c2ccc(C)cc2)c1. The Hall–Kier alpha value is -2.71. The van der Waals surface area contributed by atoms with E-state index in [1.165, 1.54) is 11.4 Å². The summed E-state index contributed by atoms with van der Waals surface area (Å²) < 4.78 is 27.6. The van der Waals surface area contributed by atoms with E-state index >= 15 is 0 Å². The van der Waals surface area contributed by atoms with Crippen molar-refractivity contribution in [2.45, 2.75) is 37.1 Å². The van der Waals surface area contributed by atoms with Crippen molar-refractivity contribution in [3.63, 3.8) is 0 Å². The van der Waals surface area contributed by atoms with Crippen LogP contribution >= 0.6 is 0 Å². The summed E-state index contributed by atoms with van der Waals surface area (Å²) in [4.78, 5) is 24.9. The van der Waals surface area contributed by atoms with Gasteiger partial charge in [0.15, 0.2) is 0 Å². The fraction of sp³-hybridized carbons (Fsp3) is 0.333. The van der Waals surface area contributed by atoms with Gasteiger partial charge in [0, 0.05) is 24.8 Å². The van der Waals surface area contributed by atoms with E-state index in [1.807, 2.05) is 6.92 Å². The second-order valence-electron chi connectivity index (χ2n) is 7.09. The maximum atomic E-state index is 13.1. The van der Waals surface area contributed by atoms with Gasteiger partial charge in [-0.3, -0.25) is 9.59 Å². The van der Waals surface area contributed by atoms with E-state index in [0.717, 1.165) is 12.0 Å². The van der Waals surface area contributed by atoms with Crippen LogP contribution in [0, 0.1) is 6.92 Å². The minimum Gasteiger partial charge on any atom is -0.355 e. The third-order valence-electron chi connectivity index (χ3n) is 5.00. The number of rotatable bonds is 5. The molecule has 1 unspecified atom stereocenters. The Morgan fingerprint density at radius 3 is 2.48 bits per heavy atom. The normalized spacial score (nSPS) is 17.5. The van der Waals surface area contributed by atoms with Gasteiger partial charge in [0.1, 0.15) is 6.04 Å². The van der Waals surface area contributed by atoms with Gasteiger partial charge in [0.05, 0.1) is 4.90 Å². The van der Waals surface area contributed by atoms with Crippen LogP contribution in [-0.2, 0) is 14.8 Å². The van der Waals surface area contributed by atoms with E-state index in [0.29, 0.717) is 30.6 Å². The average Bonchev–Trinajstić information content (AvgIpc) is 2.73. The molecule has 1 heterocycles. The van der Waals surface area contributed by atoms with Gasteiger partial charge >= 0.3 is 0 Å². The predicted octanol–water partition coefficient (Wildman–Crippen LogP) is 2.54. The number of aryl methyl sites for hydroxylation is 1. The fourth-order valence-corrected chi connectivity index (χ4v) is 5.06. The molecule has 1 saturated heterocycles. The monoisotopic (exact) mass is 415 g/mol. The largest absolute Gasteiger partial charge is 0.355 e. The van der Waals surface area contributed by atoms with Crippen LogP contribution in [0.5, 0.6) is 0 Å². The molecule has 2 amide bonds. The molecule has 2 aromatic rings. The smallest absolute Gasteiger partial charge is 0.251 e. The average molecular weight is 416 g/mol. The highest BCUT2D eigenvalue weighted by molar-refractivity contribution is 7.89. The zero-order valence-electron chi connectivity index (χ0n) is 16.5. The summed E-state index contributed by atoms with van der Waals surface area (Å²) in [5.41, 5.74) is 1.83. The highest BCUT2D eigenvalue weighted by Crippen LogP contribution is 2.26. The molecule has 0 saturated carbocycles. The van der Waals surface area contributed by atoms with Crippen LogP contribution in [0.2, 0.25) is 0 Å². The van der Waals surface area contributed by atoms with Crippen LogP contribution in [0.1, 0.15) is 35.2 Å². The Kier molecular flexibility index (Phi) is 6.34. The van der Waals surface area contributed by atoms with Crippen LogP contribution in [0.15, 0.2) is 53.4 Å². The van der Waals surface area contributed by atoms with Gasteiger partial charge in [-0.1, -0.05) is 30.2 Å². The Bertz CT molecular complexity index is 1000. The van der Waals surface area contributed by atoms with Crippen molar-refractivity contribution in [1.82, 2.24) is 9.62 Å². The number of hydrogen-bond donors (Lipinski definition) is 2. The van der Waals surface area contributed by atoms with E-state index < -0.39 is 22.0 Å². The first kappa shape index (κ1) is 21.0. The van der Waals surface area contributed by atoms with Crippen LogP contribution in [0.3, 0.4) is 0 Å². The van der Waals surface area contributed by atoms with E-state index in [9.17, 15) is 18.0 Å². The molecule has 8 heteroatoms. The molecular weight excluding hydrogens is 390 g/mol. The number of piperidine rings is 1. The first-order valence-electron chi connectivity index (χ1n) is 9.54. The van der Waals surface area contributed by atoms with Gasteiger partial charge in [-0.25, -0.2) is 8.42 Å². The zero-order chi connectivity index (χ0) is 21.0. The van der Waals surface area contributed by atoms with E-state index in [2.05, 4.69) is 10.6 Å². The standard InChI is InChI=1S/C21H25N3O4S/c1-15-9-11-18(12-10-15)29(27,28)24-13-4-3-8-19(24)21(26)23-17-7-5-6-16(14-17)20(25)22-2/h5-7,9-12,14,19H,3-4,8,13H2,1-2H3,(H,22,25)(H,23,26). The maximum absolute atomic E-state index is 13.1. The summed E-state index contributed by atoms with van der Waals surface area (Å²) in [6.07, 6.45) is 1.93. The molecule has 0 bridgehead atoms. The van der Waals surface area contributed by atoms with Crippen LogP contribution < -0.4 is 10.6 Å². The van der Waals surface area contributed by atoms with Crippen molar-refractivity contribution in [1.29, 1.82) is 0 Å². The number of benzene rings is 2. The van der Waals surface area contributed by atoms with Gasteiger partial charge in [-0.05, 0) is 50.1 Å². The van der Waals surface area contributed by atoms with Crippen molar-refractivity contribution in [3.05, 3.63) is 59.7 Å². The predicted molar refractivity (Wildman–Crippen MR) is 111 cm³/mol. The summed E-state index contributed by atoms with van der Waals surface area (Å²) in [6, 6.07) is 12.4. The molecule has 29 heavy (non-hydrogen) atoms. The van der Waals surface area contributed by atoms with Crippen molar-refractivity contribution >= 4 is 27.5 Å². The van der Waals surface area contributed by atoms with Crippen molar-refractivity contribution in [3.8, 4) is 0 Å². The highest BCUT2D eigenvalue weighted by Gasteiger charge is 2.37. The van der Waals surface area contributed by atoms with Gasteiger partial charge in [0.25, 0.3) is 5.91 Å². The quantitative estimate of drug-likeness (QED) is 0.784. The molecule has 1 aliphatic rings. The van der Waals surface area contributed by atoms with Crippen molar-refractivity contribution < 1.29 is 18.0 Å². The Labute approximate surface area is 171 Å². The summed E-state index contributed by atoms with van der Waals surface area (Å²) >= 11 is 0. The highest BCUT2D eigenvalue weighted by atomic mass is 32.2. The molecule has 1 aliphatic heterocycles. The third-order valence-corrected chi connectivity index (χ3v) is 6.93. The molecule has 0 aliphatic carbocycles. The number of sulfonamides is 1. The summed E-state index contributed by atoms with van der Waals surface area (Å²) in [6.45, 7) is 2.19. The lowest BCUT2D eigenvalue weighted by atomic mass is 10.0. The van der Waals surface area contributed by atoms with Crippen molar-refractivity contribution in [2.24, 2.45) is 0 Å². The molecular formula is C21H25N3O4S. The number of carbonyl (C=O) groups excluding carboxylic acids is 2. The summed E-state index contributed by atoms with van der Waals surface area (Å²) in [5, 5.41) is 5.30. The Morgan fingerprint density at radius 1 is 1.07 bits per heavy atom. The maximum Gasteiger partial charge on any atom is 0.251 e. The number of amides is 2. The Balaban J connectivity index is 1.83. The fourth-order valence-electron chi connectivity index (χ4n) is 3.41. The first-order chi connectivity index (χ1) is 13.8. The Morgan fingerprint density at radius 2 is 1.79 bits per heavy atom. The van der Waals surface area contributed by atoms with Gasteiger partial charge in [-0.2, -0.15) is 4.31 Å². The van der Waals surface area contributed by atoms with Crippen molar-refractivity contribution in [2.75, 3.05) is 18.9 Å². The molecule has 0 aromatic heterocycles. The number of nitrogens with zero attached hydrogens (tertiary/aromatic N) is 1. The van der Waals surface area contributed by atoms with E-state index in [4.69, 9.17) is 0 Å². The number of hydrogen-bond acceptors (Lipinski definition) is 4. The molecule has 3 rings (SSSR count). The lowest BCUT2D eigenvalue weighted by Crippen LogP contribution is -2.49. The lowest BCUT2D eigenvalue weighted by molar-refractivity contribution is -0.120. The van der Waals surface area contributed by atoms with Crippen LogP contribution in [0.25, 0.3) is 0 Å². The van der Waals surface area contributed by atoms with Gasteiger partial charge in [0.2, 0.25) is 15.9 Å². The molecule has 2 aromatic carbocycles. The van der Waals surface area contributed by atoms with Gasteiger partial charge < -0.3 is 10.6 Å². The third kappa shape index (κ3) is 4.65. The molecule has 1 fully saturated rings.